The molecule has 0 saturated carbocycles. The number of anilines is 2. The lowest BCUT2D eigenvalue weighted by Crippen LogP contribution is -2.28. The fourth-order valence-electron chi connectivity index (χ4n) is 1.80. The number of halogens is 1. The molecule has 1 amide bonds. The van der Waals surface area contributed by atoms with Crippen LogP contribution in [0.2, 0.25) is 0 Å². The SMILES string of the molecule is Cc1ccc(F)c(C(=O)N(C)c2ccncc2N)c1. The zero-order valence-electron chi connectivity index (χ0n) is 10.7. The second-order valence-corrected chi connectivity index (χ2v) is 4.28. The summed E-state index contributed by atoms with van der Waals surface area (Å²) in [7, 11) is 1.55. The van der Waals surface area contributed by atoms with Gasteiger partial charge >= 0.3 is 0 Å². The van der Waals surface area contributed by atoms with Crippen molar-refractivity contribution in [1.29, 1.82) is 0 Å². The van der Waals surface area contributed by atoms with Crippen LogP contribution in [0.25, 0.3) is 0 Å². The summed E-state index contributed by atoms with van der Waals surface area (Å²) in [4.78, 5) is 17.4. The Kier molecular flexibility index (Phi) is 3.46. The number of nitrogens with zero attached hydrogens (tertiary/aromatic N) is 2. The Morgan fingerprint density at radius 2 is 2.11 bits per heavy atom. The van der Waals surface area contributed by atoms with E-state index < -0.39 is 11.7 Å². The second-order valence-electron chi connectivity index (χ2n) is 4.28. The largest absolute Gasteiger partial charge is 0.396 e. The Labute approximate surface area is 110 Å². The molecule has 0 bridgehead atoms. The molecule has 98 valence electrons. The highest BCUT2D eigenvalue weighted by Gasteiger charge is 2.19. The lowest BCUT2D eigenvalue weighted by Gasteiger charge is -2.19. The van der Waals surface area contributed by atoms with Gasteiger partial charge in [-0.05, 0) is 25.1 Å². The van der Waals surface area contributed by atoms with Gasteiger partial charge < -0.3 is 10.6 Å². The topological polar surface area (TPSA) is 59.2 Å². The normalized spacial score (nSPS) is 10.3. The van der Waals surface area contributed by atoms with Crippen LogP contribution < -0.4 is 10.6 Å². The summed E-state index contributed by atoms with van der Waals surface area (Å²) in [6.07, 6.45) is 2.98. The van der Waals surface area contributed by atoms with Crippen molar-refractivity contribution in [1.82, 2.24) is 4.98 Å². The minimum absolute atomic E-state index is 0.0266. The highest BCUT2D eigenvalue weighted by Crippen LogP contribution is 2.22. The summed E-state index contributed by atoms with van der Waals surface area (Å²) in [5, 5.41) is 0. The molecule has 0 saturated heterocycles. The minimum atomic E-state index is -0.546. The van der Waals surface area contributed by atoms with Gasteiger partial charge in [-0.3, -0.25) is 9.78 Å². The molecular formula is C14H14FN3O. The van der Waals surface area contributed by atoms with Gasteiger partial charge in [0.2, 0.25) is 0 Å². The first-order chi connectivity index (χ1) is 9.00. The number of hydrogen-bond acceptors (Lipinski definition) is 3. The van der Waals surface area contributed by atoms with E-state index >= 15 is 0 Å². The highest BCUT2D eigenvalue weighted by molar-refractivity contribution is 6.07. The third kappa shape index (κ3) is 2.54. The van der Waals surface area contributed by atoms with Gasteiger partial charge in [-0.1, -0.05) is 11.6 Å². The lowest BCUT2D eigenvalue weighted by molar-refractivity contribution is 0.0989. The molecule has 1 heterocycles. The van der Waals surface area contributed by atoms with E-state index in [-0.39, 0.29) is 5.56 Å². The number of nitrogen functional groups attached to an aromatic ring is 1. The van der Waals surface area contributed by atoms with Crippen molar-refractivity contribution in [2.24, 2.45) is 0 Å². The number of amides is 1. The van der Waals surface area contributed by atoms with Crippen molar-refractivity contribution in [2.75, 3.05) is 17.7 Å². The van der Waals surface area contributed by atoms with E-state index in [4.69, 9.17) is 5.73 Å². The zero-order chi connectivity index (χ0) is 14.0. The molecule has 0 spiro atoms. The van der Waals surface area contributed by atoms with Crippen LogP contribution in [0, 0.1) is 12.7 Å². The number of rotatable bonds is 2. The average molecular weight is 259 g/mol. The van der Waals surface area contributed by atoms with Gasteiger partial charge in [0.05, 0.1) is 23.1 Å². The summed E-state index contributed by atoms with van der Waals surface area (Å²) in [6, 6.07) is 6.03. The Morgan fingerprint density at radius 1 is 1.37 bits per heavy atom. The minimum Gasteiger partial charge on any atom is -0.396 e. The number of carbonyl (C=O) groups is 1. The molecule has 0 atom stereocenters. The molecule has 0 aliphatic rings. The van der Waals surface area contributed by atoms with E-state index in [2.05, 4.69) is 4.98 Å². The van der Waals surface area contributed by atoms with Crippen LogP contribution in [0.15, 0.2) is 36.7 Å². The summed E-state index contributed by atoms with van der Waals surface area (Å²) in [5.74, 6) is -0.992. The van der Waals surface area contributed by atoms with Gasteiger partial charge in [0, 0.05) is 13.2 Å². The van der Waals surface area contributed by atoms with Crippen LogP contribution in [-0.4, -0.2) is 17.9 Å². The number of benzene rings is 1. The standard InChI is InChI=1S/C14H14FN3O/c1-9-3-4-11(15)10(7-9)14(19)18(2)13-5-6-17-8-12(13)16/h3-8H,16H2,1-2H3. The van der Waals surface area contributed by atoms with E-state index in [1.165, 1.54) is 29.4 Å². The summed E-state index contributed by atoms with van der Waals surface area (Å²) in [5.41, 5.74) is 7.47. The molecule has 0 radical (unpaired) electrons. The van der Waals surface area contributed by atoms with Gasteiger partial charge in [-0.15, -0.1) is 0 Å². The fourth-order valence-corrected chi connectivity index (χ4v) is 1.80. The monoisotopic (exact) mass is 259 g/mol. The van der Waals surface area contributed by atoms with Crippen LogP contribution in [0.4, 0.5) is 15.8 Å². The van der Waals surface area contributed by atoms with Crippen LogP contribution in [0.3, 0.4) is 0 Å². The van der Waals surface area contributed by atoms with Crippen LogP contribution in [0.1, 0.15) is 15.9 Å². The Morgan fingerprint density at radius 3 is 2.79 bits per heavy atom. The lowest BCUT2D eigenvalue weighted by atomic mass is 10.1. The van der Waals surface area contributed by atoms with E-state index in [0.717, 1.165) is 5.56 Å². The van der Waals surface area contributed by atoms with E-state index in [9.17, 15) is 9.18 Å². The molecule has 0 fully saturated rings. The predicted molar refractivity (Wildman–Crippen MR) is 72.5 cm³/mol. The number of nitrogens with two attached hydrogens (primary N) is 1. The van der Waals surface area contributed by atoms with E-state index in [1.807, 2.05) is 0 Å². The van der Waals surface area contributed by atoms with Gasteiger partial charge in [0.1, 0.15) is 5.82 Å². The summed E-state index contributed by atoms with van der Waals surface area (Å²) < 4.78 is 13.7. The smallest absolute Gasteiger partial charge is 0.261 e. The maximum absolute atomic E-state index is 13.7. The van der Waals surface area contributed by atoms with Crippen LogP contribution in [-0.2, 0) is 0 Å². The number of aromatic nitrogens is 1. The van der Waals surface area contributed by atoms with Crippen LogP contribution in [0.5, 0.6) is 0 Å². The summed E-state index contributed by atoms with van der Waals surface area (Å²) >= 11 is 0. The van der Waals surface area contributed by atoms with Crippen molar-refractivity contribution in [3.63, 3.8) is 0 Å². The maximum Gasteiger partial charge on any atom is 0.261 e. The van der Waals surface area contributed by atoms with Gasteiger partial charge in [-0.2, -0.15) is 0 Å². The Balaban J connectivity index is 2.39. The van der Waals surface area contributed by atoms with Crippen molar-refractivity contribution in [3.05, 3.63) is 53.6 Å². The quantitative estimate of drug-likeness (QED) is 0.900. The van der Waals surface area contributed by atoms with Crippen molar-refractivity contribution >= 4 is 17.3 Å². The first-order valence-corrected chi connectivity index (χ1v) is 5.74. The van der Waals surface area contributed by atoms with Crippen molar-refractivity contribution in [3.8, 4) is 0 Å². The summed E-state index contributed by atoms with van der Waals surface area (Å²) in [6.45, 7) is 1.80. The molecule has 19 heavy (non-hydrogen) atoms. The van der Waals surface area contributed by atoms with Crippen LogP contribution >= 0.6 is 0 Å². The number of carbonyl (C=O) groups excluding carboxylic acids is 1. The number of aryl methyl sites for hydroxylation is 1. The van der Waals surface area contributed by atoms with E-state index in [0.29, 0.717) is 11.4 Å². The highest BCUT2D eigenvalue weighted by atomic mass is 19.1. The Bertz CT molecular complexity index is 628. The number of hydrogen-bond donors (Lipinski definition) is 1. The first kappa shape index (κ1) is 13.0. The van der Waals surface area contributed by atoms with Crippen molar-refractivity contribution < 1.29 is 9.18 Å². The van der Waals surface area contributed by atoms with E-state index in [1.54, 1.807) is 26.1 Å². The fraction of sp³-hybridized carbons (Fsp3) is 0.143. The molecule has 0 aliphatic heterocycles. The molecule has 2 aromatic rings. The Hall–Kier alpha value is -2.43. The molecule has 2 rings (SSSR count). The molecule has 5 heteroatoms. The molecule has 0 aliphatic carbocycles. The molecular weight excluding hydrogens is 245 g/mol. The van der Waals surface area contributed by atoms with Gasteiger partial charge in [0.25, 0.3) is 5.91 Å². The first-order valence-electron chi connectivity index (χ1n) is 5.74. The number of pyridine rings is 1. The third-order valence-electron chi connectivity index (χ3n) is 2.85. The second kappa shape index (κ2) is 5.06. The molecule has 2 N–H and O–H groups in total. The maximum atomic E-state index is 13.7. The van der Waals surface area contributed by atoms with Crippen molar-refractivity contribution in [2.45, 2.75) is 6.92 Å². The predicted octanol–water partition coefficient (Wildman–Crippen LogP) is 2.39. The third-order valence-corrected chi connectivity index (χ3v) is 2.85. The molecule has 4 nitrogen and oxygen atoms in total. The molecule has 0 unspecified atom stereocenters. The van der Waals surface area contributed by atoms with Gasteiger partial charge in [-0.25, -0.2) is 4.39 Å². The molecule has 1 aromatic carbocycles. The van der Waals surface area contributed by atoms with Gasteiger partial charge in [0.15, 0.2) is 0 Å². The molecule has 1 aromatic heterocycles. The average Bonchev–Trinajstić information content (AvgIpc) is 2.40. The zero-order valence-corrected chi connectivity index (χ0v) is 10.7.